The number of amides is 2. The first kappa shape index (κ1) is 21.0. The van der Waals surface area contributed by atoms with Gasteiger partial charge in [-0.2, -0.15) is 0 Å². The maximum absolute atomic E-state index is 13.7. The molecule has 0 aliphatic heterocycles. The quantitative estimate of drug-likeness (QED) is 0.753. The summed E-state index contributed by atoms with van der Waals surface area (Å²) in [6.07, 6.45) is 0. The lowest BCUT2D eigenvalue weighted by Gasteiger charge is -2.28. The van der Waals surface area contributed by atoms with Crippen LogP contribution < -0.4 is 5.32 Å². The van der Waals surface area contributed by atoms with Crippen LogP contribution in [0.3, 0.4) is 0 Å². The summed E-state index contributed by atoms with van der Waals surface area (Å²) in [7, 11) is 1.56. The summed E-state index contributed by atoms with van der Waals surface area (Å²) < 4.78 is 13.7. The van der Waals surface area contributed by atoms with Crippen molar-refractivity contribution < 1.29 is 14.0 Å². The third-order valence-electron chi connectivity index (χ3n) is 4.33. The van der Waals surface area contributed by atoms with E-state index in [-0.39, 0.29) is 23.4 Å². The first-order valence-electron chi connectivity index (χ1n) is 8.80. The van der Waals surface area contributed by atoms with Gasteiger partial charge in [0.1, 0.15) is 11.9 Å². The highest BCUT2D eigenvalue weighted by Crippen LogP contribution is 2.18. The molecule has 1 N–H and O–H groups in total. The summed E-state index contributed by atoms with van der Waals surface area (Å²) in [4.78, 5) is 26.4. The van der Waals surface area contributed by atoms with E-state index < -0.39 is 6.04 Å². The zero-order valence-corrected chi connectivity index (χ0v) is 16.7. The predicted octanol–water partition coefficient (Wildman–Crippen LogP) is 3.53. The van der Waals surface area contributed by atoms with Crippen LogP contribution in [0.5, 0.6) is 0 Å². The molecule has 0 aliphatic rings. The number of nitrogens with zero attached hydrogens (tertiary/aromatic N) is 1. The van der Waals surface area contributed by atoms with Crippen LogP contribution in [0.25, 0.3) is 0 Å². The zero-order valence-electron chi connectivity index (χ0n) is 15.9. The number of nitrogens with one attached hydrogen (secondary N) is 1. The number of aryl methyl sites for hydroxylation is 1. The Balaban J connectivity index is 2.04. The van der Waals surface area contributed by atoms with Gasteiger partial charge in [0, 0.05) is 19.3 Å². The largest absolute Gasteiger partial charge is 0.357 e. The Labute approximate surface area is 164 Å². The SMILES string of the molecule is CNC(=O)[C@@H](C)N(Cc1ccc(C)cc1)C(=O)CSCc1ccccc1F. The van der Waals surface area contributed by atoms with Crippen LogP contribution in [0.2, 0.25) is 0 Å². The molecule has 0 bridgehead atoms. The Kier molecular flexibility index (Phi) is 7.85. The van der Waals surface area contributed by atoms with Crippen LogP contribution in [0.4, 0.5) is 4.39 Å². The van der Waals surface area contributed by atoms with Crippen LogP contribution in [0.15, 0.2) is 48.5 Å². The molecular formula is C21H25FN2O2S. The number of carbonyl (C=O) groups excluding carboxylic acids is 2. The fraction of sp³-hybridized carbons (Fsp3) is 0.333. The van der Waals surface area contributed by atoms with Crippen LogP contribution >= 0.6 is 11.8 Å². The number of rotatable bonds is 8. The number of hydrogen-bond acceptors (Lipinski definition) is 3. The molecule has 2 amide bonds. The molecule has 0 saturated heterocycles. The summed E-state index contributed by atoms with van der Waals surface area (Å²) in [5, 5.41) is 2.60. The fourth-order valence-corrected chi connectivity index (χ4v) is 3.52. The monoisotopic (exact) mass is 388 g/mol. The molecule has 0 radical (unpaired) electrons. The number of hydrogen-bond donors (Lipinski definition) is 1. The highest BCUT2D eigenvalue weighted by Gasteiger charge is 2.25. The van der Waals surface area contributed by atoms with Gasteiger partial charge in [0.15, 0.2) is 0 Å². The molecule has 6 heteroatoms. The second-order valence-corrected chi connectivity index (χ2v) is 7.37. The lowest BCUT2D eigenvalue weighted by molar-refractivity contribution is -0.138. The molecule has 0 heterocycles. The van der Waals surface area contributed by atoms with Crippen molar-refractivity contribution in [1.82, 2.24) is 10.2 Å². The Bertz CT molecular complexity index is 780. The van der Waals surface area contributed by atoms with Crippen molar-refractivity contribution >= 4 is 23.6 Å². The standard InChI is InChI=1S/C21H25FN2O2S/c1-15-8-10-17(11-9-15)12-24(16(2)21(26)23-3)20(25)14-27-13-18-6-4-5-7-19(18)22/h4-11,16H,12-14H2,1-3H3,(H,23,26)/t16-/m1/s1. The van der Waals surface area contributed by atoms with Gasteiger partial charge in [-0.15, -0.1) is 11.8 Å². The first-order valence-corrected chi connectivity index (χ1v) is 9.95. The number of thioether (sulfide) groups is 1. The molecule has 2 aromatic rings. The fourth-order valence-electron chi connectivity index (χ4n) is 2.63. The van der Waals surface area contributed by atoms with E-state index in [0.717, 1.165) is 11.1 Å². The smallest absolute Gasteiger partial charge is 0.242 e. The highest BCUT2D eigenvalue weighted by atomic mass is 32.2. The average molecular weight is 389 g/mol. The molecular weight excluding hydrogens is 363 g/mol. The van der Waals surface area contributed by atoms with Gasteiger partial charge in [-0.25, -0.2) is 4.39 Å². The van der Waals surface area contributed by atoms with Crippen LogP contribution in [-0.4, -0.2) is 35.6 Å². The van der Waals surface area contributed by atoms with E-state index in [1.807, 2.05) is 31.2 Å². The maximum Gasteiger partial charge on any atom is 0.242 e. The third-order valence-corrected chi connectivity index (χ3v) is 5.29. The molecule has 4 nitrogen and oxygen atoms in total. The molecule has 0 aromatic heterocycles. The second kappa shape index (κ2) is 10.1. The molecule has 2 rings (SSSR count). The van der Waals surface area contributed by atoms with Crippen molar-refractivity contribution in [3.63, 3.8) is 0 Å². The number of benzene rings is 2. The van der Waals surface area contributed by atoms with Crippen molar-refractivity contribution in [3.05, 3.63) is 71.0 Å². The van der Waals surface area contributed by atoms with Crippen molar-refractivity contribution in [3.8, 4) is 0 Å². The van der Waals surface area contributed by atoms with Crippen molar-refractivity contribution in [1.29, 1.82) is 0 Å². The molecule has 0 aliphatic carbocycles. The van der Waals surface area contributed by atoms with Crippen LogP contribution in [-0.2, 0) is 21.9 Å². The van der Waals surface area contributed by atoms with Gasteiger partial charge in [-0.3, -0.25) is 9.59 Å². The number of halogens is 1. The van der Waals surface area contributed by atoms with Gasteiger partial charge < -0.3 is 10.2 Å². The van der Waals surface area contributed by atoms with Crippen LogP contribution in [0.1, 0.15) is 23.6 Å². The van der Waals surface area contributed by atoms with Crippen molar-refractivity contribution in [2.75, 3.05) is 12.8 Å². The van der Waals surface area contributed by atoms with Gasteiger partial charge in [-0.1, -0.05) is 48.0 Å². The van der Waals surface area contributed by atoms with Gasteiger partial charge in [-0.05, 0) is 31.0 Å². The normalized spacial score (nSPS) is 11.7. The molecule has 0 saturated carbocycles. The van der Waals surface area contributed by atoms with E-state index in [1.54, 1.807) is 37.1 Å². The first-order chi connectivity index (χ1) is 12.9. The van der Waals surface area contributed by atoms with Gasteiger partial charge in [0.05, 0.1) is 5.75 Å². The number of likely N-dealkylation sites (N-methyl/N-ethyl adjacent to an activating group) is 1. The van der Waals surface area contributed by atoms with E-state index in [0.29, 0.717) is 17.9 Å². The summed E-state index contributed by atoms with van der Waals surface area (Å²) in [5.74, 6) is -0.0394. The molecule has 2 aromatic carbocycles. The minimum Gasteiger partial charge on any atom is -0.357 e. The summed E-state index contributed by atoms with van der Waals surface area (Å²) in [6, 6.07) is 13.8. The molecule has 144 valence electrons. The molecule has 1 atom stereocenters. The lowest BCUT2D eigenvalue weighted by atomic mass is 10.1. The zero-order chi connectivity index (χ0) is 19.8. The maximum atomic E-state index is 13.7. The van der Waals surface area contributed by atoms with E-state index in [2.05, 4.69) is 5.32 Å². The predicted molar refractivity (Wildman–Crippen MR) is 108 cm³/mol. The Morgan fingerprint density at radius 1 is 1.15 bits per heavy atom. The van der Waals surface area contributed by atoms with E-state index in [4.69, 9.17) is 0 Å². The van der Waals surface area contributed by atoms with Gasteiger partial charge in [0.25, 0.3) is 0 Å². The lowest BCUT2D eigenvalue weighted by Crippen LogP contribution is -2.47. The van der Waals surface area contributed by atoms with Crippen LogP contribution in [0, 0.1) is 12.7 Å². The topological polar surface area (TPSA) is 49.4 Å². The number of carbonyl (C=O) groups is 2. The molecule has 27 heavy (non-hydrogen) atoms. The molecule has 0 unspecified atom stereocenters. The average Bonchev–Trinajstić information content (AvgIpc) is 2.67. The Morgan fingerprint density at radius 3 is 2.44 bits per heavy atom. The second-order valence-electron chi connectivity index (χ2n) is 6.38. The van der Waals surface area contributed by atoms with Crippen molar-refractivity contribution in [2.45, 2.75) is 32.2 Å². The minimum atomic E-state index is -0.585. The molecule has 0 spiro atoms. The highest BCUT2D eigenvalue weighted by molar-refractivity contribution is 7.99. The summed E-state index contributed by atoms with van der Waals surface area (Å²) >= 11 is 1.34. The third kappa shape index (κ3) is 6.10. The van der Waals surface area contributed by atoms with E-state index in [1.165, 1.54) is 17.8 Å². The van der Waals surface area contributed by atoms with Gasteiger partial charge in [0.2, 0.25) is 11.8 Å². The summed E-state index contributed by atoms with van der Waals surface area (Å²) in [5.41, 5.74) is 2.67. The molecule has 0 fully saturated rings. The Morgan fingerprint density at radius 2 is 1.81 bits per heavy atom. The van der Waals surface area contributed by atoms with E-state index >= 15 is 0 Å². The summed E-state index contributed by atoms with van der Waals surface area (Å²) in [6.45, 7) is 4.07. The minimum absolute atomic E-state index is 0.145. The van der Waals surface area contributed by atoms with E-state index in [9.17, 15) is 14.0 Å². The van der Waals surface area contributed by atoms with Gasteiger partial charge >= 0.3 is 0 Å². The Hall–Kier alpha value is -2.34. The van der Waals surface area contributed by atoms with Crippen molar-refractivity contribution in [2.24, 2.45) is 0 Å².